The van der Waals surface area contributed by atoms with E-state index in [1.807, 2.05) is 18.2 Å². The average molecular weight is 231 g/mol. The van der Waals surface area contributed by atoms with Gasteiger partial charge in [0.05, 0.1) is 11.1 Å². The zero-order chi connectivity index (χ0) is 12.5. The maximum atomic E-state index is 11.6. The predicted molar refractivity (Wildman–Crippen MR) is 67.0 cm³/mol. The largest absolute Gasteiger partial charge is 0.369 e. The normalized spacial score (nSPS) is 24.2. The van der Waals surface area contributed by atoms with Crippen LogP contribution in [0.1, 0.15) is 19.3 Å². The molecule has 1 fully saturated rings. The second kappa shape index (κ2) is 4.22. The van der Waals surface area contributed by atoms with Crippen molar-refractivity contribution in [2.24, 2.45) is 17.0 Å². The molecule has 2 rings (SSSR count). The smallest absolute Gasteiger partial charge is 0.228 e. The molecule has 0 saturated heterocycles. The molecular formula is C13H17N3O. The van der Waals surface area contributed by atoms with Gasteiger partial charge < -0.3 is 5.73 Å². The third-order valence-corrected chi connectivity index (χ3v) is 3.53. The SMILES string of the molecule is C=C/C=C1/C=CC(C2(C(N)=O)CCC2)=CN1N. The van der Waals surface area contributed by atoms with Gasteiger partial charge in [-0.15, -0.1) is 0 Å². The van der Waals surface area contributed by atoms with E-state index in [0.29, 0.717) is 0 Å². The number of hydrogen-bond acceptors (Lipinski definition) is 3. The van der Waals surface area contributed by atoms with Gasteiger partial charge in [-0.3, -0.25) is 9.80 Å². The van der Waals surface area contributed by atoms with Crippen LogP contribution in [-0.2, 0) is 4.79 Å². The number of allylic oxidation sites excluding steroid dienone is 4. The number of nitrogens with two attached hydrogens (primary N) is 2. The minimum atomic E-state index is -0.506. The highest BCUT2D eigenvalue weighted by molar-refractivity contribution is 5.86. The van der Waals surface area contributed by atoms with Crippen molar-refractivity contribution in [3.05, 3.63) is 48.4 Å². The average Bonchev–Trinajstić information content (AvgIpc) is 2.20. The van der Waals surface area contributed by atoms with Crippen LogP contribution >= 0.6 is 0 Å². The molecule has 0 unspecified atom stereocenters. The highest BCUT2D eigenvalue weighted by Crippen LogP contribution is 2.48. The molecule has 0 aromatic carbocycles. The first-order valence-electron chi connectivity index (χ1n) is 5.67. The molecule has 2 aliphatic rings. The molecule has 1 saturated carbocycles. The molecule has 1 heterocycles. The first kappa shape index (κ1) is 11.7. The number of carbonyl (C=O) groups is 1. The van der Waals surface area contributed by atoms with Crippen molar-refractivity contribution >= 4 is 5.91 Å². The van der Waals surface area contributed by atoms with Crippen molar-refractivity contribution in [2.75, 3.05) is 0 Å². The number of rotatable bonds is 3. The highest BCUT2D eigenvalue weighted by Gasteiger charge is 2.45. The summed E-state index contributed by atoms with van der Waals surface area (Å²) in [5.74, 6) is 5.61. The molecule has 0 aromatic rings. The molecule has 0 aromatic heterocycles. The van der Waals surface area contributed by atoms with Crippen molar-refractivity contribution in [3.63, 3.8) is 0 Å². The van der Waals surface area contributed by atoms with Crippen LogP contribution < -0.4 is 11.6 Å². The lowest BCUT2D eigenvalue weighted by Gasteiger charge is -2.41. The summed E-state index contributed by atoms with van der Waals surface area (Å²) in [5.41, 5.74) is 6.73. The molecule has 4 N–H and O–H groups in total. The van der Waals surface area contributed by atoms with E-state index < -0.39 is 5.41 Å². The lowest BCUT2D eigenvalue weighted by molar-refractivity contribution is -0.129. The third kappa shape index (κ3) is 1.80. The van der Waals surface area contributed by atoms with Gasteiger partial charge in [-0.1, -0.05) is 25.2 Å². The summed E-state index contributed by atoms with van der Waals surface area (Å²) in [6.07, 6.45) is 11.7. The fraction of sp³-hybridized carbons (Fsp3) is 0.308. The molecule has 4 heteroatoms. The van der Waals surface area contributed by atoms with E-state index in [2.05, 4.69) is 6.58 Å². The number of primary amides is 1. The van der Waals surface area contributed by atoms with Gasteiger partial charge in [0.1, 0.15) is 0 Å². The van der Waals surface area contributed by atoms with Gasteiger partial charge in [0.25, 0.3) is 0 Å². The van der Waals surface area contributed by atoms with Crippen LogP contribution in [-0.4, -0.2) is 10.9 Å². The summed E-state index contributed by atoms with van der Waals surface area (Å²) < 4.78 is 0. The summed E-state index contributed by atoms with van der Waals surface area (Å²) in [6.45, 7) is 3.63. The van der Waals surface area contributed by atoms with Gasteiger partial charge in [0, 0.05) is 6.20 Å². The first-order valence-corrected chi connectivity index (χ1v) is 5.67. The molecule has 4 nitrogen and oxygen atoms in total. The minimum absolute atomic E-state index is 0.260. The van der Waals surface area contributed by atoms with E-state index in [0.717, 1.165) is 30.5 Å². The molecule has 0 atom stereocenters. The van der Waals surface area contributed by atoms with E-state index in [9.17, 15) is 4.79 Å². The number of hydrazine groups is 1. The Morgan fingerprint density at radius 3 is 2.59 bits per heavy atom. The van der Waals surface area contributed by atoms with Gasteiger partial charge in [-0.05, 0) is 30.6 Å². The third-order valence-electron chi connectivity index (χ3n) is 3.53. The Kier molecular flexibility index (Phi) is 2.90. The Hall–Kier alpha value is -1.81. The summed E-state index contributed by atoms with van der Waals surface area (Å²) in [7, 11) is 0. The Balaban J connectivity index is 2.28. The van der Waals surface area contributed by atoms with Gasteiger partial charge in [0.2, 0.25) is 5.91 Å². The number of hydrogen-bond donors (Lipinski definition) is 2. The van der Waals surface area contributed by atoms with E-state index >= 15 is 0 Å². The summed E-state index contributed by atoms with van der Waals surface area (Å²) in [4.78, 5) is 11.6. The van der Waals surface area contributed by atoms with Crippen LogP contribution in [0.15, 0.2) is 48.4 Å². The second-order valence-corrected chi connectivity index (χ2v) is 4.45. The maximum absolute atomic E-state index is 11.6. The van der Waals surface area contributed by atoms with Gasteiger partial charge in [-0.25, -0.2) is 5.84 Å². The fourth-order valence-corrected chi connectivity index (χ4v) is 2.28. The molecule has 17 heavy (non-hydrogen) atoms. The molecule has 0 bridgehead atoms. The van der Waals surface area contributed by atoms with Gasteiger partial charge in [-0.2, -0.15) is 0 Å². The second-order valence-electron chi connectivity index (χ2n) is 4.45. The van der Waals surface area contributed by atoms with Crippen LogP contribution in [0.3, 0.4) is 0 Å². The number of amides is 1. The van der Waals surface area contributed by atoms with Gasteiger partial charge in [0.15, 0.2) is 0 Å². The standard InChI is InChI=1S/C13H17N3O/c1-2-4-11-6-5-10(9-16(11)15)13(12(14)17)7-3-8-13/h2,4-6,9H,1,3,7-8,15H2,(H2,14,17)/b11-4-. The Morgan fingerprint density at radius 1 is 1.47 bits per heavy atom. The van der Waals surface area contributed by atoms with Crippen LogP contribution in [0.5, 0.6) is 0 Å². The molecule has 0 radical (unpaired) electrons. The minimum Gasteiger partial charge on any atom is -0.369 e. The van der Waals surface area contributed by atoms with Crippen LogP contribution in [0, 0.1) is 5.41 Å². The lowest BCUT2D eigenvalue weighted by atomic mass is 9.63. The van der Waals surface area contributed by atoms with Crippen molar-refractivity contribution in [1.82, 2.24) is 5.01 Å². The zero-order valence-electron chi connectivity index (χ0n) is 9.73. The monoisotopic (exact) mass is 231 g/mol. The Bertz CT molecular complexity index is 442. The molecule has 90 valence electrons. The van der Waals surface area contributed by atoms with E-state index in [-0.39, 0.29) is 5.91 Å². The molecule has 1 amide bonds. The van der Waals surface area contributed by atoms with Crippen LogP contribution in [0.2, 0.25) is 0 Å². The molecule has 1 aliphatic carbocycles. The van der Waals surface area contributed by atoms with E-state index in [4.69, 9.17) is 11.6 Å². The molecular weight excluding hydrogens is 214 g/mol. The van der Waals surface area contributed by atoms with Crippen LogP contribution in [0.4, 0.5) is 0 Å². The Labute approximate surface area is 101 Å². The number of nitrogens with zero attached hydrogens (tertiary/aromatic N) is 1. The lowest BCUT2D eigenvalue weighted by Crippen LogP contribution is -2.45. The molecule has 0 spiro atoms. The quantitative estimate of drug-likeness (QED) is 0.720. The van der Waals surface area contributed by atoms with Crippen molar-refractivity contribution in [2.45, 2.75) is 19.3 Å². The van der Waals surface area contributed by atoms with Crippen molar-refractivity contribution in [1.29, 1.82) is 0 Å². The first-order chi connectivity index (χ1) is 8.10. The topological polar surface area (TPSA) is 72.4 Å². The molecule has 1 aliphatic heterocycles. The zero-order valence-corrected chi connectivity index (χ0v) is 9.73. The summed E-state index contributed by atoms with van der Waals surface area (Å²) in [5, 5.41) is 1.50. The van der Waals surface area contributed by atoms with Crippen molar-refractivity contribution < 1.29 is 4.79 Å². The fourth-order valence-electron chi connectivity index (χ4n) is 2.28. The van der Waals surface area contributed by atoms with Crippen molar-refractivity contribution in [3.8, 4) is 0 Å². The van der Waals surface area contributed by atoms with Gasteiger partial charge >= 0.3 is 0 Å². The maximum Gasteiger partial charge on any atom is 0.228 e. The Morgan fingerprint density at radius 2 is 2.18 bits per heavy atom. The van der Waals surface area contributed by atoms with E-state index in [1.165, 1.54) is 5.01 Å². The van der Waals surface area contributed by atoms with Crippen LogP contribution in [0.25, 0.3) is 0 Å². The predicted octanol–water partition coefficient (Wildman–Crippen LogP) is 1.34. The summed E-state index contributed by atoms with van der Waals surface area (Å²) >= 11 is 0. The number of carbonyl (C=O) groups excluding carboxylic acids is 1. The van der Waals surface area contributed by atoms with E-state index in [1.54, 1.807) is 12.3 Å². The summed E-state index contributed by atoms with van der Waals surface area (Å²) in [6, 6.07) is 0. The highest BCUT2D eigenvalue weighted by atomic mass is 16.1.